The van der Waals surface area contributed by atoms with Crippen molar-refractivity contribution in [2.75, 3.05) is 26.4 Å². The molecule has 0 aromatic carbocycles. The van der Waals surface area contributed by atoms with Crippen molar-refractivity contribution in [1.29, 1.82) is 0 Å². The summed E-state index contributed by atoms with van der Waals surface area (Å²) in [6.07, 6.45) is -27.7. The van der Waals surface area contributed by atoms with Crippen LogP contribution in [0.1, 0.15) is 99.8 Å². The first kappa shape index (κ1) is 59.9. The smallest absolute Gasteiger partial charge is 0.335 e. The van der Waals surface area contributed by atoms with Crippen molar-refractivity contribution in [1.82, 2.24) is 0 Å². The Morgan fingerprint density at radius 1 is 0.597 bits per heavy atom. The Balaban J connectivity index is 0.955. The predicted octanol–water partition coefficient (Wildman–Crippen LogP) is -2.89. The maximum absolute atomic E-state index is 12.4. The van der Waals surface area contributed by atoms with E-state index in [1.807, 2.05) is 20.8 Å². The van der Waals surface area contributed by atoms with Crippen LogP contribution < -0.4 is 0 Å². The molecule has 0 amide bonds. The zero-order chi connectivity index (χ0) is 56.4. The SMILES string of the molecule is CC1(C)CC2C3=CCC4[C@@]5(C)CC[C@H](O[C@@H]6O[C@H](C(=O)O)[C@@H](O)[C@H](O)[C@H]6O[C@@H]6O[C@@H](CO)[C@@H](O)[C@@H](O)[C@@H]6O)[C@](C)(CO)[C@@H]5CC[C@@]4(C)[C@]3(C)CC[C@@]2(C)[C@H](O[C@@H]2OC[C@@H](O)[C@H](O[C@@H]3O[C@H](CO)[C@@H](O)[C@H](O)[C@H]3O)[C@H]2O)[C@@H]1O. The molecule has 4 saturated carbocycles. The van der Waals surface area contributed by atoms with Gasteiger partial charge in [-0.1, -0.05) is 60.1 Å². The fourth-order valence-electron chi connectivity index (χ4n) is 16.4. The molecule has 9 aliphatic rings. The lowest BCUT2D eigenvalue weighted by Gasteiger charge is -2.72. The first-order chi connectivity index (χ1) is 36.0. The quantitative estimate of drug-likeness (QED) is 0.0689. The summed E-state index contributed by atoms with van der Waals surface area (Å²) in [5, 5.41) is 162. The second kappa shape index (κ2) is 21.5. The molecule has 30 atom stereocenters. The van der Waals surface area contributed by atoms with Gasteiger partial charge in [-0.3, -0.25) is 0 Å². The molecule has 24 heteroatoms. The average molecular weight is 1110 g/mol. The molecule has 77 heavy (non-hydrogen) atoms. The minimum atomic E-state index is -2.04. The van der Waals surface area contributed by atoms with Crippen LogP contribution in [0.4, 0.5) is 0 Å². The molecular formula is C53H86O24. The minimum Gasteiger partial charge on any atom is -0.479 e. The molecule has 4 saturated heterocycles. The van der Waals surface area contributed by atoms with Gasteiger partial charge < -0.3 is 114 Å². The lowest BCUT2D eigenvalue weighted by molar-refractivity contribution is -0.375. The van der Waals surface area contributed by atoms with E-state index < -0.39 is 176 Å². The Kier molecular flexibility index (Phi) is 16.7. The van der Waals surface area contributed by atoms with Crippen molar-refractivity contribution in [3.05, 3.63) is 11.6 Å². The van der Waals surface area contributed by atoms with Gasteiger partial charge in [-0.05, 0) is 90.8 Å². The molecule has 8 fully saturated rings. The van der Waals surface area contributed by atoms with Crippen LogP contribution in [0.5, 0.6) is 0 Å². The number of fused-ring (bicyclic) bond motifs is 7. The van der Waals surface area contributed by atoms with E-state index in [1.54, 1.807) is 0 Å². The average Bonchev–Trinajstić information content (AvgIpc) is 3.45. The summed E-state index contributed by atoms with van der Waals surface area (Å²) in [4.78, 5) is 12.4. The number of aliphatic carboxylic acids is 1. The summed E-state index contributed by atoms with van der Waals surface area (Å²) >= 11 is 0. The summed E-state index contributed by atoms with van der Waals surface area (Å²) in [6, 6.07) is 0. The third-order valence-corrected chi connectivity index (χ3v) is 21.5. The van der Waals surface area contributed by atoms with Gasteiger partial charge in [-0.15, -0.1) is 0 Å². The molecule has 442 valence electrons. The van der Waals surface area contributed by atoms with E-state index in [1.165, 1.54) is 5.57 Å². The van der Waals surface area contributed by atoms with Crippen LogP contribution in [0.25, 0.3) is 0 Å². The normalized spacial score (nSPS) is 55.7. The zero-order valence-corrected chi connectivity index (χ0v) is 44.9. The second-order valence-corrected chi connectivity index (χ2v) is 26.0. The number of aliphatic hydroxyl groups excluding tert-OH is 14. The van der Waals surface area contributed by atoms with E-state index in [2.05, 4.69) is 33.8 Å². The number of allylic oxidation sites excluding steroid dienone is 2. The van der Waals surface area contributed by atoms with Crippen LogP contribution in [0, 0.1) is 50.2 Å². The topological polar surface area (TPSA) is 394 Å². The molecule has 24 nitrogen and oxygen atoms in total. The third-order valence-electron chi connectivity index (χ3n) is 21.5. The number of hydrogen-bond acceptors (Lipinski definition) is 23. The monoisotopic (exact) mass is 1110 g/mol. The number of rotatable bonds is 12. The molecule has 15 N–H and O–H groups in total. The van der Waals surface area contributed by atoms with E-state index in [4.69, 9.17) is 37.9 Å². The summed E-state index contributed by atoms with van der Waals surface area (Å²) in [5.41, 5.74) is -2.17. The lowest BCUT2D eigenvalue weighted by Crippen LogP contribution is -2.69. The highest BCUT2D eigenvalue weighted by Crippen LogP contribution is 2.76. The fourth-order valence-corrected chi connectivity index (χ4v) is 16.4. The first-order valence-electron chi connectivity index (χ1n) is 27.4. The molecular weight excluding hydrogens is 1020 g/mol. The molecule has 5 aliphatic carbocycles. The van der Waals surface area contributed by atoms with Crippen LogP contribution in [0.3, 0.4) is 0 Å². The second-order valence-electron chi connectivity index (χ2n) is 26.0. The minimum absolute atomic E-state index is 0.0901. The first-order valence-corrected chi connectivity index (χ1v) is 27.4. The molecule has 4 heterocycles. The largest absolute Gasteiger partial charge is 0.479 e. The van der Waals surface area contributed by atoms with Gasteiger partial charge >= 0.3 is 5.97 Å². The van der Waals surface area contributed by atoms with Crippen LogP contribution in [0.15, 0.2) is 11.6 Å². The standard InChI is InChI=1S/C53H86O24/c1-48(2)16-22-21-8-9-27-50(4)12-11-28(73-47-40(34(63)33(62)39(75-47)43(68)69)76-46-36(65)32(61)30(59)25(18-55)72-46)51(5,20-56)26(50)10-13-53(27,7)52(21,6)15-14-49(22,3)42(41(48)67)77-44-37(66)38(23(57)19-70-44)74-45-35(64)31(60)29(58)24(17-54)71-45/h8,22-42,44-47,54-67H,9-20H2,1-7H3,(H,68,69)/t22?,23-,24-,25+,26-,27?,28+,29-,30-,31+,32-,33+,34+,35-,36+,37-,38+,39+,40-,41+,42-,44+,45+,46+,47-,49-,50+,51-,52-,53-/m1/s1. The Bertz CT molecular complexity index is 2130. The van der Waals surface area contributed by atoms with Crippen LogP contribution in [-0.4, -0.2) is 244 Å². The lowest BCUT2D eigenvalue weighted by atomic mass is 9.33. The number of carboxylic acid groups (broad SMARTS) is 1. The van der Waals surface area contributed by atoms with Crippen molar-refractivity contribution < 1.29 is 119 Å². The molecule has 0 radical (unpaired) electrons. The van der Waals surface area contributed by atoms with Crippen LogP contribution >= 0.6 is 0 Å². The molecule has 4 aliphatic heterocycles. The van der Waals surface area contributed by atoms with Gasteiger partial charge in [-0.2, -0.15) is 0 Å². The number of carboxylic acids is 1. The van der Waals surface area contributed by atoms with Gasteiger partial charge in [0.1, 0.15) is 85.5 Å². The Hall–Kier alpha value is -1.67. The number of aliphatic hydroxyl groups is 14. The summed E-state index contributed by atoms with van der Waals surface area (Å²) in [5.74, 6) is -1.79. The van der Waals surface area contributed by atoms with Crippen LogP contribution in [-0.2, 0) is 42.7 Å². The molecule has 0 spiro atoms. The van der Waals surface area contributed by atoms with Gasteiger partial charge in [0.15, 0.2) is 31.3 Å². The van der Waals surface area contributed by atoms with E-state index in [-0.39, 0.29) is 41.8 Å². The Morgan fingerprint density at radius 3 is 1.77 bits per heavy atom. The van der Waals surface area contributed by atoms with E-state index >= 15 is 0 Å². The van der Waals surface area contributed by atoms with Crippen molar-refractivity contribution in [3.63, 3.8) is 0 Å². The highest BCUT2D eigenvalue weighted by atomic mass is 16.8. The van der Waals surface area contributed by atoms with Crippen molar-refractivity contribution in [2.45, 2.75) is 235 Å². The maximum Gasteiger partial charge on any atom is 0.335 e. The third kappa shape index (κ3) is 9.50. The van der Waals surface area contributed by atoms with Crippen molar-refractivity contribution in [3.8, 4) is 0 Å². The van der Waals surface area contributed by atoms with Gasteiger partial charge in [0.05, 0.1) is 44.7 Å². The van der Waals surface area contributed by atoms with Gasteiger partial charge in [-0.25, -0.2) is 4.79 Å². The summed E-state index contributed by atoms with van der Waals surface area (Å²) < 4.78 is 48.0. The summed E-state index contributed by atoms with van der Waals surface area (Å²) in [6.45, 7) is 12.8. The van der Waals surface area contributed by atoms with Crippen molar-refractivity contribution >= 4 is 5.97 Å². The van der Waals surface area contributed by atoms with E-state index in [0.717, 1.165) is 6.42 Å². The number of hydrogen-bond donors (Lipinski definition) is 15. The van der Waals surface area contributed by atoms with Gasteiger partial charge in [0, 0.05) is 10.8 Å². The molecule has 0 bridgehead atoms. The van der Waals surface area contributed by atoms with Gasteiger partial charge in [0.25, 0.3) is 0 Å². The van der Waals surface area contributed by atoms with E-state index in [0.29, 0.717) is 44.9 Å². The van der Waals surface area contributed by atoms with Crippen molar-refractivity contribution in [2.24, 2.45) is 50.2 Å². The zero-order valence-electron chi connectivity index (χ0n) is 44.9. The Morgan fingerprint density at radius 2 is 1.19 bits per heavy atom. The highest BCUT2D eigenvalue weighted by molar-refractivity contribution is 5.73. The van der Waals surface area contributed by atoms with Crippen LogP contribution in [0.2, 0.25) is 0 Å². The molecule has 0 aromatic heterocycles. The fraction of sp³-hybridized carbons (Fsp3) is 0.943. The molecule has 2 unspecified atom stereocenters. The molecule has 9 rings (SSSR count). The summed E-state index contributed by atoms with van der Waals surface area (Å²) in [7, 11) is 0. The maximum atomic E-state index is 12.4. The van der Waals surface area contributed by atoms with E-state index in [9.17, 15) is 81.4 Å². The number of ether oxygens (including phenoxy) is 8. The predicted molar refractivity (Wildman–Crippen MR) is 260 cm³/mol. The van der Waals surface area contributed by atoms with Gasteiger partial charge in [0.2, 0.25) is 0 Å². The Labute approximate surface area is 447 Å². The molecule has 0 aromatic rings. The number of carbonyl (C=O) groups is 1. The highest BCUT2D eigenvalue weighted by Gasteiger charge is 2.71.